The van der Waals surface area contributed by atoms with Crippen LogP contribution in [0.4, 0.5) is 4.79 Å². The molecule has 76 valence electrons. The van der Waals surface area contributed by atoms with Crippen molar-refractivity contribution in [3.8, 4) is 5.88 Å². The Morgan fingerprint density at radius 3 is 3.07 bits per heavy atom. The minimum Gasteiger partial charge on any atom is -0.391 e. The highest BCUT2D eigenvalue weighted by Gasteiger charge is 2.04. The summed E-state index contributed by atoms with van der Waals surface area (Å²) in [5.41, 5.74) is 0. The van der Waals surface area contributed by atoms with E-state index in [1.165, 1.54) is 19.5 Å². The van der Waals surface area contributed by atoms with Crippen molar-refractivity contribution in [2.24, 2.45) is 0 Å². The Labute approximate surface area is 85.2 Å². The smallest absolute Gasteiger partial charge is 0.391 e. The van der Waals surface area contributed by atoms with Crippen LogP contribution in [0, 0.1) is 0 Å². The number of methoxy groups -OCH3 is 1. The van der Waals surface area contributed by atoms with Crippen molar-refractivity contribution in [3.05, 3.63) is 17.5 Å². The van der Waals surface area contributed by atoms with Gasteiger partial charge in [0, 0.05) is 13.2 Å². The van der Waals surface area contributed by atoms with Gasteiger partial charge in [-0.1, -0.05) is 11.6 Å². The van der Waals surface area contributed by atoms with Gasteiger partial charge >= 0.3 is 6.09 Å². The minimum absolute atomic E-state index is 0.0671. The van der Waals surface area contributed by atoms with Crippen LogP contribution in [0.15, 0.2) is 12.4 Å². The number of hydrogen-bond donors (Lipinski definition) is 1. The average molecular weight is 218 g/mol. The van der Waals surface area contributed by atoms with Gasteiger partial charge in [-0.05, 0) is 0 Å². The van der Waals surface area contributed by atoms with E-state index >= 15 is 0 Å². The molecule has 0 saturated heterocycles. The maximum Gasteiger partial charge on any atom is 0.415 e. The van der Waals surface area contributed by atoms with Crippen LogP contribution in [0.1, 0.15) is 0 Å². The van der Waals surface area contributed by atoms with Gasteiger partial charge in [-0.25, -0.2) is 14.8 Å². The third-order valence-corrected chi connectivity index (χ3v) is 1.37. The molecule has 1 aromatic heterocycles. The Morgan fingerprint density at radius 2 is 2.43 bits per heavy atom. The molecule has 0 bridgehead atoms. The van der Waals surface area contributed by atoms with Crippen molar-refractivity contribution < 1.29 is 14.3 Å². The monoisotopic (exact) mass is 217 g/mol. The number of carbonyl (C=O) groups is 1. The third kappa shape index (κ3) is 3.55. The van der Waals surface area contributed by atoms with Crippen LogP contribution in [0.3, 0.4) is 0 Å². The molecule has 0 atom stereocenters. The topological polar surface area (TPSA) is 73.3 Å². The van der Waals surface area contributed by atoms with Crippen molar-refractivity contribution >= 4 is 17.7 Å². The minimum atomic E-state index is -0.665. The summed E-state index contributed by atoms with van der Waals surface area (Å²) in [5, 5.41) is 2.52. The standard InChI is InChI=1S/C7H8ClN3O3/c1-13-4-11-7(12)14-6-2-5(8)9-3-10-6/h2-3H,4H2,1H3,(H,11,12). The molecule has 0 spiro atoms. The molecule has 0 aliphatic carbocycles. The lowest BCUT2D eigenvalue weighted by Gasteiger charge is -2.03. The molecular formula is C7H8ClN3O3. The van der Waals surface area contributed by atoms with Crippen LogP contribution in [-0.4, -0.2) is 29.9 Å². The van der Waals surface area contributed by atoms with Gasteiger partial charge in [-0.2, -0.15) is 0 Å². The van der Waals surface area contributed by atoms with Gasteiger partial charge in [0.2, 0.25) is 5.88 Å². The van der Waals surface area contributed by atoms with Crippen LogP contribution < -0.4 is 10.1 Å². The Morgan fingerprint density at radius 1 is 1.64 bits per heavy atom. The van der Waals surface area contributed by atoms with E-state index in [0.717, 1.165) is 0 Å². The molecule has 7 heteroatoms. The molecule has 0 radical (unpaired) electrons. The van der Waals surface area contributed by atoms with Crippen LogP contribution in [0.25, 0.3) is 0 Å². The number of nitrogens with one attached hydrogen (secondary N) is 1. The molecule has 0 saturated carbocycles. The number of carbonyl (C=O) groups excluding carboxylic acids is 1. The normalized spacial score (nSPS) is 9.57. The molecule has 1 aromatic rings. The van der Waals surface area contributed by atoms with E-state index in [1.54, 1.807) is 0 Å². The molecule has 0 aliphatic rings. The zero-order valence-corrected chi connectivity index (χ0v) is 8.11. The molecule has 1 amide bonds. The van der Waals surface area contributed by atoms with Gasteiger partial charge in [0.15, 0.2) is 0 Å². The van der Waals surface area contributed by atoms with Gasteiger partial charge in [0.1, 0.15) is 18.2 Å². The molecule has 1 heterocycles. The maximum atomic E-state index is 11.0. The van der Waals surface area contributed by atoms with E-state index in [2.05, 4.69) is 20.0 Å². The Kier molecular flexibility index (Phi) is 4.09. The van der Waals surface area contributed by atoms with Gasteiger partial charge in [-0.3, -0.25) is 5.32 Å². The summed E-state index contributed by atoms with van der Waals surface area (Å²) in [6, 6.07) is 1.33. The highest BCUT2D eigenvalue weighted by Crippen LogP contribution is 2.10. The lowest BCUT2D eigenvalue weighted by Crippen LogP contribution is -2.28. The van der Waals surface area contributed by atoms with Crippen molar-refractivity contribution in [2.45, 2.75) is 0 Å². The number of ether oxygens (including phenoxy) is 2. The third-order valence-electron chi connectivity index (χ3n) is 1.17. The largest absolute Gasteiger partial charge is 0.415 e. The second kappa shape index (κ2) is 5.36. The Balaban J connectivity index is 2.47. The first-order chi connectivity index (χ1) is 6.72. The van der Waals surface area contributed by atoms with E-state index < -0.39 is 6.09 Å². The second-order valence-corrected chi connectivity index (χ2v) is 2.57. The molecule has 6 nitrogen and oxygen atoms in total. The average Bonchev–Trinajstić information content (AvgIpc) is 2.15. The summed E-state index contributed by atoms with van der Waals surface area (Å²) < 4.78 is 9.33. The molecule has 0 unspecified atom stereocenters. The van der Waals surface area contributed by atoms with Crippen LogP contribution in [-0.2, 0) is 4.74 Å². The highest BCUT2D eigenvalue weighted by atomic mass is 35.5. The summed E-state index contributed by atoms with van der Waals surface area (Å²) >= 11 is 5.55. The van der Waals surface area contributed by atoms with Gasteiger partial charge in [0.05, 0.1) is 0 Å². The second-order valence-electron chi connectivity index (χ2n) is 2.18. The molecule has 1 rings (SSSR count). The number of amides is 1. The first-order valence-corrected chi connectivity index (χ1v) is 4.02. The molecule has 1 N–H and O–H groups in total. The zero-order valence-electron chi connectivity index (χ0n) is 7.36. The van der Waals surface area contributed by atoms with E-state index in [9.17, 15) is 4.79 Å². The fourth-order valence-corrected chi connectivity index (χ4v) is 0.772. The van der Waals surface area contributed by atoms with Crippen LogP contribution >= 0.6 is 11.6 Å². The van der Waals surface area contributed by atoms with Crippen molar-refractivity contribution in [1.29, 1.82) is 0 Å². The summed E-state index contributed by atoms with van der Waals surface area (Å²) in [5.74, 6) is 0.0820. The summed E-state index contributed by atoms with van der Waals surface area (Å²) in [7, 11) is 1.45. The molecule has 0 fully saturated rings. The Bertz CT molecular complexity index is 321. The van der Waals surface area contributed by atoms with Crippen LogP contribution in [0.2, 0.25) is 5.15 Å². The SMILES string of the molecule is COCNC(=O)Oc1cc(Cl)ncn1. The van der Waals surface area contributed by atoms with Gasteiger partial charge in [0.25, 0.3) is 0 Å². The molecule has 14 heavy (non-hydrogen) atoms. The molecule has 0 aliphatic heterocycles. The van der Waals surface area contributed by atoms with Gasteiger partial charge < -0.3 is 9.47 Å². The molecule has 0 aromatic carbocycles. The fraction of sp³-hybridized carbons (Fsp3) is 0.286. The van der Waals surface area contributed by atoms with Crippen molar-refractivity contribution in [2.75, 3.05) is 13.8 Å². The fourth-order valence-electron chi connectivity index (χ4n) is 0.635. The molecular weight excluding hydrogens is 210 g/mol. The quantitative estimate of drug-likeness (QED) is 0.600. The van der Waals surface area contributed by atoms with Crippen molar-refractivity contribution in [1.82, 2.24) is 15.3 Å². The van der Waals surface area contributed by atoms with E-state index in [-0.39, 0.29) is 17.8 Å². The summed E-state index contributed by atoms with van der Waals surface area (Å²) in [4.78, 5) is 18.3. The maximum absolute atomic E-state index is 11.0. The van der Waals surface area contributed by atoms with E-state index in [0.29, 0.717) is 0 Å². The van der Waals surface area contributed by atoms with Gasteiger partial charge in [-0.15, -0.1) is 0 Å². The number of nitrogens with zero attached hydrogens (tertiary/aromatic N) is 2. The first-order valence-electron chi connectivity index (χ1n) is 3.64. The number of halogens is 1. The lowest BCUT2D eigenvalue weighted by molar-refractivity contribution is 0.152. The van der Waals surface area contributed by atoms with E-state index in [4.69, 9.17) is 16.3 Å². The highest BCUT2D eigenvalue weighted by molar-refractivity contribution is 6.29. The Hall–Kier alpha value is -1.40. The summed E-state index contributed by atoms with van der Waals surface area (Å²) in [6.45, 7) is 0.0671. The predicted octanol–water partition coefficient (Wildman–Crippen LogP) is 0.822. The number of rotatable bonds is 3. The van der Waals surface area contributed by atoms with Crippen LogP contribution in [0.5, 0.6) is 5.88 Å². The summed E-state index contributed by atoms with van der Waals surface area (Å²) in [6.07, 6.45) is 0.531. The van der Waals surface area contributed by atoms with E-state index in [1.807, 2.05) is 0 Å². The number of aromatic nitrogens is 2. The number of hydrogen-bond acceptors (Lipinski definition) is 5. The predicted molar refractivity (Wildman–Crippen MR) is 48.1 cm³/mol. The first kappa shape index (κ1) is 10.7. The van der Waals surface area contributed by atoms with Crippen molar-refractivity contribution in [3.63, 3.8) is 0 Å². The lowest BCUT2D eigenvalue weighted by atomic mass is 10.6. The zero-order chi connectivity index (χ0) is 10.4.